The van der Waals surface area contributed by atoms with Crippen LogP contribution in [0.3, 0.4) is 0 Å². The zero-order valence-electron chi connectivity index (χ0n) is 15.0. The summed E-state index contributed by atoms with van der Waals surface area (Å²) in [5.74, 6) is 1.51. The van der Waals surface area contributed by atoms with Crippen molar-refractivity contribution in [1.82, 2.24) is 4.90 Å². The second-order valence-corrected chi connectivity index (χ2v) is 7.80. The molecule has 1 saturated carbocycles. The van der Waals surface area contributed by atoms with Gasteiger partial charge >= 0.3 is 0 Å². The minimum absolute atomic E-state index is 0.587. The predicted octanol–water partition coefficient (Wildman–Crippen LogP) is 5.64. The summed E-state index contributed by atoms with van der Waals surface area (Å²) >= 11 is 0. The molecule has 0 N–H and O–H groups in total. The first-order valence-electron chi connectivity index (χ1n) is 8.19. The summed E-state index contributed by atoms with van der Waals surface area (Å²) < 4.78 is 0. The highest BCUT2D eigenvalue weighted by atomic mass is 15.1. The first-order chi connectivity index (χ1) is 9.17. The zero-order chi connectivity index (χ0) is 15.5. The molecule has 1 nitrogen and oxygen atoms in total. The third kappa shape index (κ3) is 4.68. The molecule has 0 aromatic carbocycles. The van der Waals surface area contributed by atoms with Gasteiger partial charge in [0.25, 0.3) is 0 Å². The second-order valence-electron chi connectivity index (χ2n) is 7.80. The summed E-state index contributed by atoms with van der Waals surface area (Å²) in [6.45, 7) is 17.2. The minimum Gasteiger partial charge on any atom is -0.377 e. The van der Waals surface area contributed by atoms with Gasteiger partial charge in [0.15, 0.2) is 0 Å². The Kier molecular flexibility index (Phi) is 5.91. The molecule has 1 rings (SSSR count). The van der Waals surface area contributed by atoms with E-state index in [1.165, 1.54) is 42.7 Å². The Morgan fingerprint density at radius 2 is 1.85 bits per heavy atom. The van der Waals surface area contributed by atoms with Crippen LogP contribution in [0.2, 0.25) is 0 Å². The van der Waals surface area contributed by atoms with Crippen molar-refractivity contribution >= 4 is 0 Å². The van der Waals surface area contributed by atoms with Crippen LogP contribution in [0.1, 0.15) is 67.7 Å². The van der Waals surface area contributed by atoms with Crippen LogP contribution < -0.4 is 0 Å². The minimum atomic E-state index is 0.587. The van der Waals surface area contributed by atoms with Crippen LogP contribution >= 0.6 is 0 Å². The zero-order valence-corrected chi connectivity index (χ0v) is 15.0. The molecule has 0 amide bonds. The number of allylic oxidation sites excluding steroid dienone is 4. The van der Waals surface area contributed by atoms with Crippen LogP contribution in [-0.4, -0.2) is 18.5 Å². The van der Waals surface area contributed by atoms with Crippen molar-refractivity contribution in [3.8, 4) is 0 Å². The first-order valence-corrected chi connectivity index (χ1v) is 8.19. The molecular weight excluding hydrogens is 242 g/mol. The topological polar surface area (TPSA) is 3.24 Å². The maximum atomic E-state index is 2.51. The molecule has 1 aliphatic carbocycles. The van der Waals surface area contributed by atoms with Crippen molar-refractivity contribution in [1.29, 1.82) is 0 Å². The molecule has 2 unspecified atom stereocenters. The van der Waals surface area contributed by atoms with Gasteiger partial charge in [0.1, 0.15) is 0 Å². The lowest BCUT2D eigenvalue weighted by Gasteiger charge is -2.28. The normalized spacial score (nSPS) is 24.6. The summed E-state index contributed by atoms with van der Waals surface area (Å²) in [5, 5.41) is 0. The molecule has 0 aliphatic heterocycles. The van der Waals surface area contributed by atoms with Crippen molar-refractivity contribution in [3.63, 3.8) is 0 Å². The van der Waals surface area contributed by atoms with Gasteiger partial charge in [-0.1, -0.05) is 38.0 Å². The number of nitrogens with zero attached hydrogens (tertiary/aromatic N) is 1. The molecule has 1 fully saturated rings. The van der Waals surface area contributed by atoms with Gasteiger partial charge in [-0.2, -0.15) is 0 Å². The molecule has 0 aromatic rings. The van der Waals surface area contributed by atoms with Gasteiger partial charge in [0, 0.05) is 19.3 Å². The van der Waals surface area contributed by atoms with Crippen molar-refractivity contribution in [2.24, 2.45) is 17.3 Å². The monoisotopic (exact) mass is 277 g/mol. The second kappa shape index (κ2) is 6.83. The van der Waals surface area contributed by atoms with Gasteiger partial charge in [-0.3, -0.25) is 0 Å². The molecular formula is C19H35N. The number of rotatable bonds is 7. The lowest BCUT2D eigenvalue weighted by Crippen LogP contribution is -2.25. The van der Waals surface area contributed by atoms with Crippen LogP contribution in [0.4, 0.5) is 0 Å². The Hall–Kier alpha value is -0.720. The van der Waals surface area contributed by atoms with E-state index in [4.69, 9.17) is 0 Å². The molecule has 0 radical (unpaired) electrons. The van der Waals surface area contributed by atoms with Crippen LogP contribution in [0.25, 0.3) is 0 Å². The summed E-state index contributed by atoms with van der Waals surface area (Å²) in [5.41, 5.74) is 5.04. The third-order valence-electron chi connectivity index (χ3n) is 4.77. The SMILES string of the molecule is CC(C)=CCCC1(C)CC1CN(C)C(=C(C)C)C(C)C. The van der Waals surface area contributed by atoms with Crippen LogP contribution in [0.15, 0.2) is 22.9 Å². The van der Waals surface area contributed by atoms with Crippen LogP contribution in [0.5, 0.6) is 0 Å². The van der Waals surface area contributed by atoms with Crippen molar-refractivity contribution in [2.75, 3.05) is 13.6 Å². The van der Waals surface area contributed by atoms with E-state index in [2.05, 4.69) is 66.5 Å². The Balaban J connectivity index is 2.52. The number of hydrogen-bond acceptors (Lipinski definition) is 1. The van der Waals surface area contributed by atoms with E-state index in [0.29, 0.717) is 11.3 Å². The smallest absolute Gasteiger partial charge is 0.0205 e. The van der Waals surface area contributed by atoms with Crippen molar-refractivity contribution in [2.45, 2.75) is 67.7 Å². The van der Waals surface area contributed by atoms with Gasteiger partial charge < -0.3 is 4.90 Å². The van der Waals surface area contributed by atoms with Gasteiger partial charge in [0.2, 0.25) is 0 Å². The third-order valence-corrected chi connectivity index (χ3v) is 4.77. The quantitative estimate of drug-likeness (QED) is 0.544. The molecule has 20 heavy (non-hydrogen) atoms. The Morgan fingerprint density at radius 1 is 1.25 bits per heavy atom. The Labute approximate surface area is 127 Å². The maximum Gasteiger partial charge on any atom is 0.0205 e. The van der Waals surface area contributed by atoms with E-state index >= 15 is 0 Å². The largest absolute Gasteiger partial charge is 0.377 e. The first kappa shape index (κ1) is 17.3. The van der Waals surface area contributed by atoms with Gasteiger partial charge in [0.05, 0.1) is 0 Å². The molecule has 1 aliphatic rings. The standard InChI is InChI=1S/C19H35N/c1-14(2)10-9-11-19(7)12-17(19)13-20(8)18(15(3)4)16(5)6/h10,15,17H,9,11-13H2,1-8H3. The molecule has 0 aromatic heterocycles. The summed E-state index contributed by atoms with van der Waals surface area (Å²) in [7, 11) is 2.27. The molecule has 116 valence electrons. The van der Waals surface area contributed by atoms with Crippen molar-refractivity contribution < 1.29 is 0 Å². The molecule has 1 heteroatoms. The fourth-order valence-corrected chi connectivity index (χ4v) is 3.61. The summed E-state index contributed by atoms with van der Waals surface area (Å²) in [6.07, 6.45) is 6.39. The predicted molar refractivity (Wildman–Crippen MR) is 90.7 cm³/mol. The highest BCUT2D eigenvalue weighted by molar-refractivity contribution is 5.12. The molecule has 0 spiro atoms. The van der Waals surface area contributed by atoms with Crippen molar-refractivity contribution in [3.05, 3.63) is 22.9 Å². The van der Waals surface area contributed by atoms with E-state index in [0.717, 1.165) is 5.92 Å². The Bertz CT molecular complexity index is 381. The lowest BCUT2D eigenvalue weighted by atomic mass is 9.98. The van der Waals surface area contributed by atoms with E-state index in [9.17, 15) is 0 Å². The molecule has 0 heterocycles. The molecule has 0 bridgehead atoms. The fourth-order valence-electron chi connectivity index (χ4n) is 3.61. The number of hydrogen-bond donors (Lipinski definition) is 0. The van der Waals surface area contributed by atoms with Gasteiger partial charge in [-0.25, -0.2) is 0 Å². The summed E-state index contributed by atoms with van der Waals surface area (Å²) in [4.78, 5) is 2.51. The maximum absolute atomic E-state index is 2.51. The van der Waals surface area contributed by atoms with Crippen LogP contribution in [-0.2, 0) is 0 Å². The van der Waals surface area contributed by atoms with Gasteiger partial charge in [-0.15, -0.1) is 0 Å². The molecule has 2 atom stereocenters. The fraction of sp³-hybridized carbons (Fsp3) is 0.789. The highest BCUT2D eigenvalue weighted by Crippen LogP contribution is 2.56. The average molecular weight is 277 g/mol. The summed E-state index contributed by atoms with van der Waals surface area (Å²) in [6, 6.07) is 0. The Morgan fingerprint density at radius 3 is 2.30 bits per heavy atom. The molecule has 0 saturated heterocycles. The van der Waals surface area contributed by atoms with E-state index in [1.807, 2.05) is 0 Å². The van der Waals surface area contributed by atoms with E-state index in [1.54, 1.807) is 0 Å². The van der Waals surface area contributed by atoms with E-state index in [-0.39, 0.29) is 0 Å². The van der Waals surface area contributed by atoms with Gasteiger partial charge in [-0.05, 0) is 64.2 Å². The lowest BCUT2D eigenvalue weighted by molar-refractivity contribution is 0.322. The van der Waals surface area contributed by atoms with E-state index < -0.39 is 0 Å². The highest BCUT2D eigenvalue weighted by Gasteiger charge is 2.49. The van der Waals surface area contributed by atoms with Crippen LogP contribution in [0, 0.1) is 17.3 Å². The average Bonchev–Trinajstić information content (AvgIpc) is 2.86.